The van der Waals surface area contributed by atoms with E-state index in [0.717, 1.165) is 26.1 Å². The summed E-state index contributed by atoms with van der Waals surface area (Å²) in [6, 6.07) is 15.0. The maximum atomic E-state index is 13.1. The molecular formula is C24H29Cl2N5O2. The van der Waals surface area contributed by atoms with E-state index in [4.69, 9.17) is 23.2 Å². The number of carbonyl (C=O) groups excluding carboxylic acids is 2. The van der Waals surface area contributed by atoms with E-state index in [1.807, 2.05) is 11.0 Å². The lowest BCUT2D eigenvalue weighted by atomic mass is 10.1. The highest BCUT2D eigenvalue weighted by Gasteiger charge is 2.31. The summed E-state index contributed by atoms with van der Waals surface area (Å²) in [5, 5.41) is 7.05. The molecule has 2 aliphatic heterocycles. The number of nitrogens with zero attached hydrogens (tertiary/aromatic N) is 3. The minimum absolute atomic E-state index is 0.115. The van der Waals surface area contributed by atoms with E-state index >= 15 is 0 Å². The van der Waals surface area contributed by atoms with E-state index in [-0.39, 0.29) is 18.0 Å². The number of carbonyl (C=O) groups is 2. The zero-order chi connectivity index (χ0) is 23.2. The Kier molecular flexibility index (Phi) is 8.09. The summed E-state index contributed by atoms with van der Waals surface area (Å²) < 4.78 is 0. The fraction of sp³-hybridized carbons (Fsp3) is 0.417. The molecule has 3 amide bonds. The molecule has 2 heterocycles. The lowest BCUT2D eigenvalue weighted by molar-refractivity contribution is -0.136. The summed E-state index contributed by atoms with van der Waals surface area (Å²) in [7, 11) is 0. The Morgan fingerprint density at radius 2 is 1.67 bits per heavy atom. The molecule has 2 fully saturated rings. The van der Waals surface area contributed by atoms with Gasteiger partial charge in [0.2, 0.25) is 5.91 Å². The van der Waals surface area contributed by atoms with Crippen molar-refractivity contribution in [3.8, 4) is 0 Å². The summed E-state index contributed by atoms with van der Waals surface area (Å²) in [6.45, 7) is 5.43. The molecule has 0 bridgehead atoms. The van der Waals surface area contributed by atoms with Crippen LogP contribution in [-0.2, 0) is 11.2 Å². The molecule has 2 aliphatic rings. The molecule has 0 radical (unpaired) electrons. The van der Waals surface area contributed by atoms with Gasteiger partial charge in [0.25, 0.3) is 0 Å². The molecule has 176 valence electrons. The third-order valence-corrected chi connectivity index (χ3v) is 6.91. The van der Waals surface area contributed by atoms with Crippen molar-refractivity contribution in [3.63, 3.8) is 0 Å². The van der Waals surface area contributed by atoms with E-state index in [0.29, 0.717) is 48.5 Å². The van der Waals surface area contributed by atoms with Crippen molar-refractivity contribution >= 4 is 40.8 Å². The van der Waals surface area contributed by atoms with E-state index in [2.05, 4.69) is 39.8 Å². The van der Waals surface area contributed by atoms with Crippen LogP contribution in [0.4, 0.5) is 10.5 Å². The lowest BCUT2D eigenvalue weighted by Gasteiger charge is -2.39. The first-order valence-corrected chi connectivity index (χ1v) is 12.0. The van der Waals surface area contributed by atoms with Crippen LogP contribution in [0, 0.1) is 0 Å². The SMILES string of the molecule is O=C(Nc1ccc(Cl)c(Cl)c1)N1CCN(C(=O)C2CN(CCc3ccccc3)CCN2)CC1. The van der Waals surface area contributed by atoms with E-state index in [1.165, 1.54) is 5.56 Å². The largest absolute Gasteiger partial charge is 0.338 e. The van der Waals surface area contributed by atoms with Crippen molar-refractivity contribution in [1.82, 2.24) is 20.0 Å². The number of piperazine rings is 2. The van der Waals surface area contributed by atoms with Crippen LogP contribution in [0.5, 0.6) is 0 Å². The third kappa shape index (κ3) is 6.38. The van der Waals surface area contributed by atoms with Gasteiger partial charge in [0.15, 0.2) is 0 Å². The van der Waals surface area contributed by atoms with E-state index in [9.17, 15) is 9.59 Å². The molecule has 0 saturated carbocycles. The normalized spacial score (nSPS) is 19.4. The minimum Gasteiger partial charge on any atom is -0.338 e. The Labute approximate surface area is 204 Å². The van der Waals surface area contributed by atoms with Crippen LogP contribution in [0.2, 0.25) is 10.0 Å². The Hall–Kier alpha value is -2.32. The van der Waals surface area contributed by atoms with Crippen LogP contribution in [-0.4, -0.2) is 85.0 Å². The topological polar surface area (TPSA) is 67.9 Å². The highest BCUT2D eigenvalue weighted by Crippen LogP contribution is 2.25. The lowest BCUT2D eigenvalue weighted by Crippen LogP contribution is -2.61. The van der Waals surface area contributed by atoms with Crippen LogP contribution in [0.15, 0.2) is 48.5 Å². The predicted molar refractivity (Wildman–Crippen MR) is 132 cm³/mol. The fourth-order valence-electron chi connectivity index (χ4n) is 4.24. The van der Waals surface area contributed by atoms with Gasteiger partial charge < -0.3 is 20.4 Å². The van der Waals surface area contributed by atoms with Gasteiger partial charge in [-0.15, -0.1) is 0 Å². The molecule has 0 aromatic heterocycles. The Balaban J connectivity index is 1.23. The number of halogens is 2. The molecule has 1 atom stereocenters. The molecule has 2 saturated heterocycles. The van der Waals surface area contributed by atoms with Gasteiger partial charge in [-0.05, 0) is 30.2 Å². The molecular weight excluding hydrogens is 461 g/mol. The summed E-state index contributed by atoms with van der Waals surface area (Å²) in [6.07, 6.45) is 0.981. The quantitative estimate of drug-likeness (QED) is 0.676. The zero-order valence-electron chi connectivity index (χ0n) is 18.5. The van der Waals surface area contributed by atoms with Crippen molar-refractivity contribution in [2.45, 2.75) is 12.5 Å². The number of anilines is 1. The van der Waals surface area contributed by atoms with Crippen molar-refractivity contribution in [1.29, 1.82) is 0 Å². The summed E-state index contributed by atoms with van der Waals surface area (Å²) >= 11 is 12.0. The van der Waals surface area contributed by atoms with Crippen molar-refractivity contribution in [2.24, 2.45) is 0 Å². The first-order valence-electron chi connectivity index (χ1n) is 11.3. The number of rotatable bonds is 5. The average molecular weight is 490 g/mol. The van der Waals surface area contributed by atoms with Gasteiger partial charge in [0.1, 0.15) is 0 Å². The summed E-state index contributed by atoms with van der Waals surface area (Å²) in [4.78, 5) is 31.6. The van der Waals surface area contributed by atoms with Gasteiger partial charge >= 0.3 is 6.03 Å². The highest BCUT2D eigenvalue weighted by atomic mass is 35.5. The van der Waals surface area contributed by atoms with E-state index in [1.54, 1.807) is 23.1 Å². The molecule has 7 nitrogen and oxygen atoms in total. The molecule has 9 heteroatoms. The number of hydrogen-bond donors (Lipinski definition) is 2. The molecule has 2 aromatic rings. The molecule has 33 heavy (non-hydrogen) atoms. The van der Waals surface area contributed by atoms with Gasteiger partial charge in [0.05, 0.1) is 16.1 Å². The third-order valence-electron chi connectivity index (χ3n) is 6.17. The Morgan fingerprint density at radius 1 is 0.939 bits per heavy atom. The molecule has 0 spiro atoms. The average Bonchev–Trinajstić information content (AvgIpc) is 2.85. The number of urea groups is 1. The smallest absolute Gasteiger partial charge is 0.321 e. The fourth-order valence-corrected chi connectivity index (χ4v) is 4.54. The molecule has 2 aromatic carbocycles. The maximum Gasteiger partial charge on any atom is 0.321 e. The molecule has 0 aliphatic carbocycles. The van der Waals surface area contributed by atoms with Crippen LogP contribution >= 0.6 is 23.2 Å². The first-order chi connectivity index (χ1) is 16.0. The van der Waals surface area contributed by atoms with Gasteiger partial charge in [-0.1, -0.05) is 53.5 Å². The Morgan fingerprint density at radius 3 is 2.39 bits per heavy atom. The highest BCUT2D eigenvalue weighted by molar-refractivity contribution is 6.42. The van der Waals surface area contributed by atoms with Crippen molar-refractivity contribution in [3.05, 3.63) is 64.1 Å². The number of hydrogen-bond acceptors (Lipinski definition) is 4. The second-order valence-corrected chi connectivity index (χ2v) is 9.23. The van der Waals surface area contributed by atoms with Gasteiger partial charge in [0, 0.05) is 58.0 Å². The predicted octanol–water partition coefficient (Wildman–Crippen LogP) is 3.19. The first kappa shape index (κ1) is 23.8. The summed E-state index contributed by atoms with van der Waals surface area (Å²) in [5.74, 6) is 0.115. The van der Waals surface area contributed by atoms with E-state index < -0.39 is 0 Å². The standard InChI is InChI=1S/C24H29Cl2N5O2/c25-20-7-6-19(16-21(20)26)28-24(33)31-14-12-30(13-15-31)23(32)22-17-29(11-9-27-22)10-8-18-4-2-1-3-5-18/h1-7,16,22,27H,8-15,17H2,(H,28,33). The number of benzene rings is 2. The Bertz CT molecular complexity index is 967. The number of nitrogens with one attached hydrogen (secondary N) is 2. The molecule has 1 unspecified atom stereocenters. The van der Waals surface area contributed by atoms with Gasteiger partial charge in [-0.25, -0.2) is 4.79 Å². The van der Waals surface area contributed by atoms with Crippen LogP contribution in [0.1, 0.15) is 5.56 Å². The second-order valence-electron chi connectivity index (χ2n) is 8.41. The monoisotopic (exact) mass is 489 g/mol. The maximum absolute atomic E-state index is 13.1. The van der Waals surface area contributed by atoms with Crippen molar-refractivity contribution in [2.75, 3.05) is 57.7 Å². The van der Waals surface area contributed by atoms with Crippen LogP contribution in [0.3, 0.4) is 0 Å². The van der Waals surface area contributed by atoms with Crippen LogP contribution < -0.4 is 10.6 Å². The molecule has 4 rings (SSSR count). The summed E-state index contributed by atoms with van der Waals surface area (Å²) in [5.41, 5.74) is 1.91. The van der Waals surface area contributed by atoms with Crippen LogP contribution in [0.25, 0.3) is 0 Å². The zero-order valence-corrected chi connectivity index (χ0v) is 20.0. The number of amides is 3. The molecule has 2 N–H and O–H groups in total. The van der Waals surface area contributed by atoms with Crippen molar-refractivity contribution < 1.29 is 9.59 Å². The minimum atomic E-state index is -0.205. The second kappa shape index (κ2) is 11.2. The van der Waals surface area contributed by atoms with Gasteiger partial charge in [-0.2, -0.15) is 0 Å². The van der Waals surface area contributed by atoms with Gasteiger partial charge in [-0.3, -0.25) is 9.69 Å².